The van der Waals surface area contributed by atoms with Gasteiger partial charge in [0.05, 0.1) is 6.54 Å². The number of urea groups is 1. The number of rotatable bonds is 6. The minimum Gasteiger partial charge on any atom is -0.480 e. The fraction of sp³-hybridized carbons (Fsp3) is 0.700. The lowest BCUT2D eigenvalue weighted by atomic mass is 10.2. The van der Waals surface area contributed by atoms with E-state index < -0.39 is 18.0 Å². The zero-order chi connectivity index (χ0) is 13.4. The van der Waals surface area contributed by atoms with Crippen molar-refractivity contribution in [3.05, 3.63) is 0 Å². The van der Waals surface area contributed by atoms with Crippen LogP contribution >= 0.6 is 0 Å². The first-order valence-corrected chi connectivity index (χ1v) is 5.43. The van der Waals surface area contributed by atoms with E-state index in [4.69, 9.17) is 5.11 Å². The van der Waals surface area contributed by atoms with E-state index in [1.165, 1.54) is 0 Å². The summed E-state index contributed by atoms with van der Waals surface area (Å²) in [7, 11) is 0. The van der Waals surface area contributed by atoms with Gasteiger partial charge in [-0.15, -0.1) is 0 Å². The smallest absolute Gasteiger partial charge is 0.326 e. The van der Waals surface area contributed by atoms with Crippen LogP contribution < -0.4 is 16.0 Å². The van der Waals surface area contributed by atoms with Gasteiger partial charge in [0.1, 0.15) is 6.04 Å². The van der Waals surface area contributed by atoms with Crippen LogP contribution in [0.4, 0.5) is 4.79 Å². The van der Waals surface area contributed by atoms with Crippen LogP contribution in [-0.2, 0) is 9.59 Å². The van der Waals surface area contributed by atoms with Gasteiger partial charge in [-0.1, -0.05) is 6.92 Å². The standard InChI is InChI=1S/C10H19N3O4/c1-4-7(9(15)16)13-10(17)11-5-8(14)12-6(2)3/h6-7H,4-5H2,1-3H3,(H,12,14)(H,15,16)(H2,11,13,17)/t7-/m1/s1. The van der Waals surface area contributed by atoms with Crippen LogP contribution in [0.3, 0.4) is 0 Å². The third kappa shape index (κ3) is 7.15. The molecular weight excluding hydrogens is 226 g/mol. The van der Waals surface area contributed by atoms with Crippen LogP contribution in [0.5, 0.6) is 0 Å². The molecule has 0 rings (SSSR count). The van der Waals surface area contributed by atoms with Crippen molar-refractivity contribution in [2.45, 2.75) is 39.3 Å². The summed E-state index contributed by atoms with van der Waals surface area (Å²) in [5.41, 5.74) is 0. The van der Waals surface area contributed by atoms with Crippen LogP contribution in [0, 0.1) is 0 Å². The van der Waals surface area contributed by atoms with Gasteiger partial charge in [-0.05, 0) is 20.3 Å². The predicted molar refractivity (Wildman–Crippen MR) is 61.5 cm³/mol. The average Bonchev–Trinajstić information content (AvgIpc) is 2.21. The van der Waals surface area contributed by atoms with Gasteiger partial charge in [0.25, 0.3) is 0 Å². The van der Waals surface area contributed by atoms with Crippen molar-refractivity contribution in [3.8, 4) is 0 Å². The summed E-state index contributed by atoms with van der Waals surface area (Å²) in [6.07, 6.45) is 0.279. The average molecular weight is 245 g/mol. The Morgan fingerprint density at radius 3 is 2.18 bits per heavy atom. The number of carboxylic acid groups (broad SMARTS) is 1. The quantitative estimate of drug-likeness (QED) is 0.514. The molecule has 0 aromatic rings. The summed E-state index contributed by atoms with van der Waals surface area (Å²) in [5.74, 6) is -1.42. The van der Waals surface area contributed by atoms with Crippen molar-refractivity contribution in [2.24, 2.45) is 0 Å². The summed E-state index contributed by atoms with van der Waals surface area (Å²) in [6.45, 7) is 5.07. The van der Waals surface area contributed by atoms with Gasteiger partial charge >= 0.3 is 12.0 Å². The molecular formula is C10H19N3O4. The Balaban J connectivity index is 3.94. The molecule has 0 aliphatic heterocycles. The number of carbonyl (C=O) groups excluding carboxylic acids is 2. The SMILES string of the molecule is CC[C@@H](NC(=O)NCC(=O)NC(C)C)C(=O)O. The molecule has 7 nitrogen and oxygen atoms in total. The van der Waals surface area contributed by atoms with E-state index in [2.05, 4.69) is 16.0 Å². The number of nitrogens with one attached hydrogen (secondary N) is 3. The molecule has 98 valence electrons. The number of aliphatic carboxylic acids is 1. The molecule has 0 aliphatic carbocycles. The van der Waals surface area contributed by atoms with E-state index in [9.17, 15) is 14.4 Å². The van der Waals surface area contributed by atoms with Gasteiger partial charge in [0.2, 0.25) is 5.91 Å². The van der Waals surface area contributed by atoms with Crippen molar-refractivity contribution in [1.29, 1.82) is 0 Å². The van der Waals surface area contributed by atoms with E-state index in [1.54, 1.807) is 20.8 Å². The summed E-state index contributed by atoms with van der Waals surface area (Å²) in [4.78, 5) is 33.0. The molecule has 0 saturated carbocycles. The van der Waals surface area contributed by atoms with Crippen LogP contribution in [-0.4, -0.2) is 41.6 Å². The maximum absolute atomic E-state index is 11.2. The van der Waals surface area contributed by atoms with Crippen molar-refractivity contribution >= 4 is 17.9 Å². The Bertz CT molecular complexity index is 291. The molecule has 0 radical (unpaired) electrons. The van der Waals surface area contributed by atoms with Crippen LogP contribution in [0.25, 0.3) is 0 Å². The maximum atomic E-state index is 11.2. The van der Waals surface area contributed by atoms with E-state index in [0.29, 0.717) is 0 Å². The first kappa shape index (κ1) is 15.2. The number of hydrogen-bond acceptors (Lipinski definition) is 3. The Labute approximate surface area is 100.0 Å². The molecule has 0 fully saturated rings. The zero-order valence-electron chi connectivity index (χ0n) is 10.2. The molecule has 0 bridgehead atoms. The molecule has 0 aromatic carbocycles. The summed E-state index contributed by atoms with van der Waals surface area (Å²) in [5, 5.41) is 15.8. The fourth-order valence-corrected chi connectivity index (χ4v) is 1.08. The number of hydrogen-bond donors (Lipinski definition) is 4. The lowest BCUT2D eigenvalue weighted by Crippen LogP contribution is -2.48. The Morgan fingerprint density at radius 1 is 1.18 bits per heavy atom. The molecule has 4 N–H and O–H groups in total. The van der Waals surface area contributed by atoms with Crippen LogP contribution in [0.2, 0.25) is 0 Å². The van der Waals surface area contributed by atoms with Crippen molar-refractivity contribution < 1.29 is 19.5 Å². The molecule has 0 unspecified atom stereocenters. The van der Waals surface area contributed by atoms with Crippen LogP contribution in [0.15, 0.2) is 0 Å². The highest BCUT2D eigenvalue weighted by molar-refractivity contribution is 5.86. The van der Waals surface area contributed by atoms with E-state index in [1.807, 2.05) is 0 Å². The largest absolute Gasteiger partial charge is 0.480 e. The second-order valence-corrected chi connectivity index (χ2v) is 3.85. The Hall–Kier alpha value is -1.79. The molecule has 0 aromatic heterocycles. The first-order chi connectivity index (χ1) is 7.86. The minimum atomic E-state index is -1.10. The highest BCUT2D eigenvalue weighted by Crippen LogP contribution is 1.89. The Kier molecular flexibility index (Phi) is 6.69. The van der Waals surface area contributed by atoms with Gasteiger partial charge in [0.15, 0.2) is 0 Å². The number of carbonyl (C=O) groups is 3. The normalized spacial score (nSPS) is 11.8. The minimum absolute atomic E-state index is 0.00484. The summed E-state index contributed by atoms with van der Waals surface area (Å²) < 4.78 is 0. The van der Waals surface area contributed by atoms with Gasteiger partial charge < -0.3 is 21.1 Å². The second kappa shape index (κ2) is 7.48. The second-order valence-electron chi connectivity index (χ2n) is 3.85. The van der Waals surface area contributed by atoms with Crippen LogP contribution in [0.1, 0.15) is 27.2 Å². The molecule has 0 spiro atoms. The lowest BCUT2D eigenvalue weighted by Gasteiger charge is -2.13. The lowest BCUT2D eigenvalue weighted by molar-refractivity contribution is -0.139. The van der Waals surface area contributed by atoms with Gasteiger partial charge in [-0.3, -0.25) is 4.79 Å². The summed E-state index contributed by atoms with van der Waals surface area (Å²) >= 11 is 0. The topological polar surface area (TPSA) is 108 Å². The zero-order valence-corrected chi connectivity index (χ0v) is 10.2. The third-order valence-corrected chi connectivity index (χ3v) is 1.87. The van der Waals surface area contributed by atoms with E-state index in [-0.39, 0.29) is 24.9 Å². The third-order valence-electron chi connectivity index (χ3n) is 1.87. The highest BCUT2D eigenvalue weighted by Gasteiger charge is 2.17. The monoisotopic (exact) mass is 245 g/mol. The van der Waals surface area contributed by atoms with Gasteiger partial charge in [-0.25, -0.2) is 9.59 Å². The molecule has 17 heavy (non-hydrogen) atoms. The van der Waals surface area contributed by atoms with Crippen molar-refractivity contribution in [2.75, 3.05) is 6.54 Å². The number of amides is 3. The van der Waals surface area contributed by atoms with Crippen molar-refractivity contribution in [3.63, 3.8) is 0 Å². The molecule has 1 atom stereocenters. The molecule has 0 heterocycles. The first-order valence-electron chi connectivity index (χ1n) is 5.43. The molecule has 0 saturated heterocycles. The molecule has 0 aliphatic rings. The Morgan fingerprint density at radius 2 is 1.76 bits per heavy atom. The van der Waals surface area contributed by atoms with Crippen molar-refractivity contribution in [1.82, 2.24) is 16.0 Å². The molecule has 7 heteroatoms. The predicted octanol–water partition coefficient (Wildman–Crippen LogP) is -0.327. The summed E-state index contributed by atoms with van der Waals surface area (Å²) in [6, 6.07) is -1.61. The fourth-order valence-electron chi connectivity index (χ4n) is 1.08. The van der Waals surface area contributed by atoms with Gasteiger partial charge in [0, 0.05) is 6.04 Å². The van der Waals surface area contributed by atoms with E-state index >= 15 is 0 Å². The van der Waals surface area contributed by atoms with E-state index in [0.717, 1.165) is 0 Å². The molecule has 3 amide bonds. The number of carboxylic acids is 1. The highest BCUT2D eigenvalue weighted by atomic mass is 16.4. The maximum Gasteiger partial charge on any atom is 0.326 e. The van der Waals surface area contributed by atoms with Gasteiger partial charge in [-0.2, -0.15) is 0 Å².